The third kappa shape index (κ3) is 4.90. The Kier molecular flexibility index (Phi) is 7.45. The Balaban J connectivity index is 1.19. The van der Waals surface area contributed by atoms with Gasteiger partial charge in [-0.2, -0.15) is 0 Å². The lowest BCUT2D eigenvalue weighted by atomic mass is 10.0. The first-order valence-electron chi connectivity index (χ1n) is 20.4. The van der Waals surface area contributed by atoms with E-state index in [1.807, 2.05) is 84.9 Å². The lowest BCUT2D eigenvalue weighted by Gasteiger charge is -2.15. The van der Waals surface area contributed by atoms with Crippen molar-refractivity contribution in [3.05, 3.63) is 121 Å². The van der Waals surface area contributed by atoms with Crippen molar-refractivity contribution in [2.24, 2.45) is 0 Å². The Morgan fingerprint density at radius 2 is 0.848 bits per heavy atom. The van der Waals surface area contributed by atoms with Gasteiger partial charge in [0.2, 0.25) is 23.0 Å². The van der Waals surface area contributed by atoms with E-state index in [4.69, 9.17) is 23.8 Å². The lowest BCUT2D eigenvalue weighted by Crippen LogP contribution is -2.02. The zero-order valence-electron chi connectivity index (χ0n) is 33.6. The minimum absolute atomic E-state index is 0.0641. The molecule has 8 aromatic carbocycles. The van der Waals surface area contributed by atoms with Crippen molar-refractivity contribution in [3.8, 4) is 85.8 Å². The molecular weight excluding hydrogens is 861 g/mol. The Morgan fingerprint density at radius 1 is 0.379 bits per heavy atom. The van der Waals surface area contributed by atoms with Crippen molar-refractivity contribution >= 4 is 97.2 Å². The molecule has 0 aliphatic heterocycles. The van der Waals surface area contributed by atoms with Crippen LogP contribution in [0.3, 0.4) is 0 Å². The number of para-hydroxylation sites is 2. The van der Waals surface area contributed by atoms with E-state index < -0.39 is 67.8 Å². The number of hydrogen-bond donors (Lipinski definition) is 8. The SMILES string of the molecule is Oc1c(O)c(O)c2c(c1O)c1c(O)c(O)c(O)c(O)c1n2-c1cc(-c2nc(-c3cccc4c3sc3ccccc34)nc(-c3cccc4oc5ccccc5c34)n2)c2c(c1)oc1ccccc12. The van der Waals surface area contributed by atoms with Crippen LogP contribution in [0.1, 0.15) is 0 Å². The smallest absolute Gasteiger partial charge is 0.206 e. The number of nitrogens with zero attached hydrogens (tertiary/aromatic N) is 4. The van der Waals surface area contributed by atoms with E-state index in [-0.39, 0.29) is 17.1 Å². The molecule has 0 aliphatic rings. The summed E-state index contributed by atoms with van der Waals surface area (Å²) < 4.78 is 16.0. The van der Waals surface area contributed by atoms with Crippen LogP contribution in [0.15, 0.2) is 130 Å². The van der Waals surface area contributed by atoms with Crippen molar-refractivity contribution in [2.45, 2.75) is 0 Å². The molecule has 5 aromatic heterocycles. The van der Waals surface area contributed by atoms with Gasteiger partial charge in [-0.3, -0.25) is 0 Å². The van der Waals surface area contributed by atoms with Gasteiger partial charge in [-0.15, -0.1) is 11.3 Å². The highest BCUT2D eigenvalue weighted by Crippen LogP contribution is 2.59. The predicted octanol–water partition coefficient (Wildman–Crippen LogP) is 11.8. The molecule has 5 heterocycles. The van der Waals surface area contributed by atoms with Gasteiger partial charge >= 0.3 is 0 Å². The Labute approximate surface area is 372 Å². The van der Waals surface area contributed by atoms with Gasteiger partial charge in [0.15, 0.2) is 40.5 Å². The fourth-order valence-corrected chi connectivity index (χ4v) is 10.6. The first-order chi connectivity index (χ1) is 32.1. The summed E-state index contributed by atoms with van der Waals surface area (Å²) >= 11 is 1.61. The van der Waals surface area contributed by atoms with Gasteiger partial charge in [0.1, 0.15) is 33.4 Å². The summed E-state index contributed by atoms with van der Waals surface area (Å²) in [5, 5.41) is 93.0. The fraction of sp³-hybridized carbons (Fsp3) is 0. The van der Waals surface area contributed by atoms with Crippen LogP contribution in [0.5, 0.6) is 46.0 Å². The third-order valence-corrected chi connectivity index (χ3v) is 13.5. The summed E-state index contributed by atoms with van der Waals surface area (Å²) in [4.78, 5) is 15.7. The summed E-state index contributed by atoms with van der Waals surface area (Å²) in [5.41, 5.74) is 3.00. The number of aromatic hydroxyl groups is 8. The number of phenolic OH excluding ortho intramolecular Hbond substituents is 8. The first-order valence-corrected chi connectivity index (χ1v) is 21.2. The van der Waals surface area contributed by atoms with Crippen LogP contribution >= 0.6 is 11.3 Å². The molecule has 318 valence electrons. The van der Waals surface area contributed by atoms with Crippen LogP contribution < -0.4 is 0 Å². The number of phenols is 8. The maximum Gasteiger partial charge on any atom is 0.206 e. The van der Waals surface area contributed by atoms with E-state index in [0.29, 0.717) is 50.3 Å². The van der Waals surface area contributed by atoms with E-state index in [1.165, 1.54) is 0 Å². The quantitative estimate of drug-likeness (QED) is 0.0608. The van der Waals surface area contributed by atoms with Crippen LogP contribution in [0.25, 0.3) is 126 Å². The molecule has 0 aliphatic carbocycles. The van der Waals surface area contributed by atoms with E-state index in [1.54, 1.807) is 29.5 Å². The molecule has 0 bridgehead atoms. The molecule has 0 unspecified atom stereocenters. The zero-order valence-corrected chi connectivity index (χ0v) is 34.5. The second-order valence-electron chi connectivity index (χ2n) is 15.9. The zero-order chi connectivity index (χ0) is 44.9. The number of aromatic nitrogens is 4. The summed E-state index contributed by atoms with van der Waals surface area (Å²) in [6.07, 6.45) is 0. The number of benzene rings is 8. The van der Waals surface area contributed by atoms with Crippen LogP contribution in [0.2, 0.25) is 0 Å². The highest BCUT2D eigenvalue weighted by Gasteiger charge is 2.33. The number of rotatable bonds is 4. The van der Waals surface area contributed by atoms with Crippen molar-refractivity contribution in [1.82, 2.24) is 19.5 Å². The molecule has 66 heavy (non-hydrogen) atoms. The van der Waals surface area contributed by atoms with Gasteiger partial charge in [-0.1, -0.05) is 78.9 Å². The molecule has 0 atom stereocenters. The average Bonchev–Trinajstić information content (AvgIpc) is 4.12. The Morgan fingerprint density at radius 3 is 1.50 bits per heavy atom. The number of hydrogen-bond acceptors (Lipinski definition) is 14. The van der Waals surface area contributed by atoms with Gasteiger partial charge in [0.25, 0.3) is 0 Å². The van der Waals surface area contributed by atoms with Gasteiger partial charge in [-0.05, 0) is 36.4 Å². The molecule has 8 N–H and O–H groups in total. The summed E-state index contributed by atoms with van der Waals surface area (Å²) in [7, 11) is 0. The van der Waals surface area contributed by atoms with E-state index >= 15 is 0 Å². The Hall–Kier alpha value is -9.21. The molecular formula is C51H28N4O10S. The summed E-state index contributed by atoms with van der Waals surface area (Å²) in [6.45, 7) is 0. The molecule has 0 radical (unpaired) electrons. The maximum absolute atomic E-state index is 11.6. The van der Waals surface area contributed by atoms with Crippen LogP contribution in [0, 0.1) is 0 Å². The minimum atomic E-state index is -1.14. The largest absolute Gasteiger partial charge is 0.504 e. The van der Waals surface area contributed by atoms with Gasteiger partial charge in [0.05, 0.1) is 16.5 Å². The molecule has 0 saturated heterocycles. The second kappa shape index (κ2) is 13.2. The van der Waals surface area contributed by atoms with Gasteiger partial charge < -0.3 is 54.3 Å². The molecule has 0 spiro atoms. The van der Waals surface area contributed by atoms with Crippen LogP contribution in [-0.4, -0.2) is 60.4 Å². The average molecular weight is 889 g/mol. The number of thiophene rings is 1. The second-order valence-corrected chi connectivity index (χ2v) is 17.0. The van der Waals surface area contributed by atoms with Crippen molar-refractivity contribution in [1.29, 1.82) is 0 Å². The fourth-order valence-electron chi connectivity index (χ4n) is 9.42. The van der Waals surface area contributed by atoms with E-state index in [2.05, 4.69) is 18.2 Å². The van der Waals surface area contributed by atoms with Gasteiger partial charge in [0, 0.05) is 64.5 Å². The monoisotopic (exact) mass is 888 g/mol. The van der Waals surface area contributed by atoms with Crippen molar-refractivity contribution in [2.75, 3.05) is 0 Å². The van der Waals surface area contributed by atoms with Crippen LogP contribution in [-0.2, 0) is 0 Å². The highest BCUT2D eigenvalue weighted by molar-refractivity contribution is 7.26. The number of fused-ring (bicyclic) bond motifs is 12. The Bertz CT molecular complexity index is 4220. The van der Waals surface area contributed by atoms with Crippen molar-refractivity contribution < 1.29 is 49.7 Å². The molecule has 13 rings (SSSR count). The number of furan rings is 2. The third-order valence-electron chi connectivity index (χ3n) is 12.3. The first kappa shape index (κ1) is 37.4. The van der Waals surface area contributed by atoms with Crippen LogP contribution in [0.4, 0.5) is 0 Å². The molecule has 14 nitrogen and oxygen atoms in total. The molecule has 0 saturated carbocycles. The predicted molar refractivity (Wildman–Crippen MR) is 251 cm³/mol. The topological polar surface area (TPSA) is 232 Å². The molecule has 0 fully saturated rings. The standard InChI is InChI=1S/C51H28N4O10S/c56-40-36-37-39(43(59)47(63)45(61)41(37)57)55(38(36)42(58)46(62)44(40)60)21-19-28(35-25-11-2-5-16-30(25)65-32(35)20-21)51-53-49(26-13-8-17-31-34(26)24-10-1-4-15-29(24)64-31)52-50(54-51)27-14-7-12-23-22-9-3-6-18-33(22)66-48(23)27/h1-20,56-63H. The summed E-state index contributed by atoms with van der Waals surface area (Å²) in [6, 6.07) is 38.0. The minimum Gasteiger partial charge on any atom is -0.504 e. The highest BCUT2D eigenvalue weighted by atomic mass is 32.1. The van der Waals surface area contributed by atoms with E-state index in [0.717, 1.165) is 41.1 Å². The maximum atomic E-state index is 11.6. The molecule has 15 heteroatoms. The van der Waals surface area contributed by atoms with E-state index in [9.17, 15) is 40.9 Å². The van der Waals surface area contributed by atoms with Gasteiger partial charge in [-0.25, -0.2) is 15.0 Å². The summed E-state index contributed by atoms with van der Waals surface area (Å²) in [5.74, 6) is -7.66. The lowest BCUT2D eigenvalue weighted by molar-refractivity contribution is 0.350. The molecule has 0 amide bonds. The van der Waals surface area contributed by atoms with Crippen molar-refractivity contribution in [3.63, 3.8) is 0 Å². The molecule has 13 aromatic rings. The normalized spacial score (nSPS) is 12.1.